The third-order valence-electron chi connectivity index (χ3n) is 2.93. The second-order valence-electron chi connectivity index (χ2n) is 4.66. The first-order valence-electron chi connectivity index (χ1n) is 5.67. The molecule has 1 N–H and O–H groups in total. The van der Waals surface area contributed by atoms with Crippen LogP contribution >= 0.6 is 0 Å². The third kappa shape index (κ3) is 2.01. The summed E-state index contributed by atoms with van der Waals surface area (Å²) >= 11 is 0. The van der Waals surface area contributed by atoms with Crippen molar-refractivity contribution in [3.63, 3.8) is 0 Å². The summed E-state index contributed by atoms with van der Waals surface area (Å²) in [6, 6.07) is 6.27. The van der Waals surface area contributed by atoms with Crippen LogP contribution in [0, 0.1) is 12.8 Å². The molecule has 2 nitrogen and oxygen atoms in total. The standard InChI is InChI=1S/C14H17NO/c1-9(2)14(16)7-11-8-15-13-5-4-10(3)6-12(11)13/h4-6,8-9,15H,7H2,1-3H3. The van der Waals surface area contributed by atoms with E-state index >= 15 is 0 Å². The predicted octanol–water partition coefficient (Wildman–Crippen LogP) is 3.24. The normalized spacial score (nSPS) is 11.2. The number of hydrogen-bond donors (Lipinski definition) is 1. The Bertz CT molecular complexity index is 523. The molecule has 1 aromatic carbocycles. The van der Waals surface area contributed by atoms with Crippen molar-refractivity contribution >= 4 is 16.7 Å². The van der Waals surface area contributed by atoms with Crippen molar-refractivity contribution in [2.75, 3.05) is 0 Å². The molecule has 0 saturated carbocycles. The van der Waals surface area contributed by atoms with Gasteiger partial charge in [0.25, 0.3) is 0 Å². The van der Waals surface area contributed by atoms with Gasteiger partial charge in [0.1, 0.15) is 5.78 Å². The molecule has 0 unspecified atom stereocenters. The molecule has 0 aliphatic heterocycles. The number of Topliss-reactive ketones (excluding diaryl/α,β-unsaturated/α-hetero) is 1. The average Bonchev–Trinajstić information content (AvgIpc) is 2.61. The number of H-pyrrole nitrogens is 1. The van der Waals surface area contributed by atoms with Crippen LogP contribution in [0.2, 0.25) is 0 Å². The highest BCUT2D eigenvalue weighted by molar-refractivity contribution is 5.90. The van der Waals surface area contributed by atoms with E-state index in [2.05, 4.69) is 30.1 Å². The fourth-order valence-corrected chi connectivity index (χ4v) is 1.83. The van der Waals surface area contributed by atoms with Crippen LogP contribution in [-0.4, -0.2) is 10.8 Å². The number of nitrogens with one attached hydrogen (secondary N) is 1. The maximum Gasteiger partial charge on any atom is 0.139 e. The molecule has 0 bridgehead atoms. The van der Waals surface area contributed by atoms with E-state index < -0.39 is 0 Å². The van der Waals surface area contributed by atoms with Crippen LogP contribution < -0.4 is 0 Å². The van der Waals surface area contributed by atoms with Crippen LogP contribution in [0.3, 0.4) is 0 Å². The van der Waals surface area contributed by atoms with Gasteiger partial charge in [0.15, 0.2) is 0 Å². The van der Waals surface area contributed by atoms with Crippen molar-refractivity contribution < 1.29 is 4.79 Å². The topological polar surface area (TPSA) is 32.9 Å². The molecule has 84 valence electrons. The van der Waals surface area contributed by atoms with E-state index in [0.717, 1.165) is 11.1 Å². The van der Waals surface area contributed by atoms with Crippen LogP contribution in [0.4, 0.5) is 0 Å². The number of aromatic nitrogens is 1. The summed E-state index contributed by atoms with van der Waals surface area (Å²) in [6.07, 6.45) is 2.48. The van der Waals surface area contributed by atoms with Crippen LogP contribution in [0.5, 0.6) is 0 Å². The van der Waals surface area contributed by atoms with Crippen LogP contribution in [-0.2, 0) is 11.2 Å². The van der Waals surface area contributed by atoms with Crippen molar-refractivity contribution in [1.29, 1.82) is 0 Å². The molecule has 1 heterocycles. The molecule has 2 rings (SSSR count). The molecule has 0 atom stereocenters. The SMILES string of the molecule is Cc1ccc2[nH]cc(CC(=O)C(C)C)c2c1. The molecule has 0 aliphatic carbocycles. The van der Waals surface area contributed by atoms with Gasteiger partial charge in [-0.1, -0.05) is 25.5 Å². The Morgan fingerprint density at radius 3 is 2.81 bits per heavy atom. The number of hydrogen-bond acceptors (Lipinski definition) is 1. The van der Waals surface area contributed by atoms with E-state index in [4.69, 9.17) is 0 Å². The molecule has 2 heteroatoms. The van der Waals surface area contributed by atoms with Crippen molar-refractivity contribution in [3.05, 3.63) is 35.5 Å². The summed E-state index contributed by atoms with van der Waals surface area (Å²) in [5, 5.41) is 1.18. The predicted molar refractivity (Wildman–Crippen MR) is 66.6 cm³/mol. The minimum absolute atomic E-state index is 0.106. The molecule has 2 aromatic rings. The van der Waals surface area contributed by atoms with E-state index in [-0.39, 0.29) is 5.92 Å². The van der Waals surface area contributed by atoms with Gasteiger partial charge in [-0.15, -0.1) is 0 Å². The Morgan fingerprint density at radius 1 is 1.38 bits per heavy atom. The molecular formula is C14H17NO. The summed E-state index contributed by atoms with van der Waals surface area (Å²) < 4.78 is 0. The minimum Gasteiger partial charge on any atom is -0.361 e. The lowest BCUT2D eigenvalue weighted by molar-refractivity contribution is -0.121. The maximum atomic E-state index is 11.7. The molecule has 0 saturated heterocycles. The van der Waals surface area contributed by atoms with E-state index in [1.807, 2.05) is 20.0 Å². The molecular weight excluding hydrogens is 198 g/mol. The number of carbonyl (C=O) groups is 1. The van der Waals surface area contributed by atoms with Crippen molar-refractivity contribution in [3.8, 4) is 0 Å². The van der Waals surface area contributed by atoms with E-state index in [1.165, 1.54) is 10.9 Å². The van der Waals surface area contributed by atoms with Gasteiger partial charge in [0, 0.05) is 29.4 Å². The number of rotatable bonds is 3. The number of fused-ring (bicyclic) bond motifs is 1. The van der Waals surface area contributed by atoms with E-state index in [0.29, 0.717) is 12.2 Å². The first-order valence-corrected chi connectivity index (χ1v) is 5.67. The molecule has 16 heavy (non-hydrogen) atoms. The lowest BCUT2D eigenvalue weighted by Gasteiger charge is -2.03. The zero-order valence-electron chi connectivity index (χ0n) is 10.0. The highest BCUT2D eigenvalue weighted by Gasteiger charge is 2.11. The van der Waals surface area contributed by atoms with Crippen LogP contribution in [0.25, 0.3) is 10.9 Å². The zero-order chi connectivity index (χ0) is 11.7. The Morgan fingerprint density at radius 2 is 2.12 bits per heavy atom. The molecule has 0 radical (unpaired) electrons. The summed E-state index contributed by atoms with van der Waals surface area (Å²) in [4.78, 5) is 14.9. The lowest BCUT2D eigenvalue weighted by Crippen LogP contribution is -2.09. The smallest absolute Gasteiger partial charge is 0.139 e. The highest BCUT2D eigenvalue weighted by atomic mass is 16.1. The Balaban J connectivity index is 2.38. The van der Waals surface area contributed by atoms with Crippen molar-refractivity contribution in [2.24, 2.45) is 5.92 Å². The molecule has 0 amide bonds. The Labute approximate surface area is 95.7 Å². The van der Waals surface area contributed by atoms with Crippen LogP contribution in [0.1, 0.15) is 25.0 Å². The Kier molecular flexibility index (Phi) is 2.82. The fraction of sp³-hybridized carbons (Fsp3) is 0.357. The number of aromatic amines is 1. The van der Waals surface area contributed by atoms with Crippen LogP contribution in [0.15, 0.2) is 24.4 Å². The second kappa shape index (κ2) is 4.12. The molecule has 0 aliphatic rings. The number of benzene rings is 1. The number of ketones is 1. The largest absolute Gasteiger partial charge is 0.361 e. The third-order valence-corrected chi connectivity index (χ3v) is 2.93. The van der Waals surface area contributed by atoms with Gasteiger partial charge in [-0.25, -0.2) is 0 Å². The fourth-order valence-electron chi connectivity index (χ4n) is 1.83. The Hall–Kier alpha value is -1.57. The van der Waals surface area contributed by atoms with Gasteiger partial charge in [-0.3, -0.25) is 4.79 Å². The average molecular weight is 215 g/mol. The van der Waals surface area contributed by atoms with E-state index in [9.17, 15) is 4.79 Å². The van der Waals surface area contributed by atoms with Gasteiger partial charge in [-0.2, -0.15) is 0 Å². The number of carbonyl (C=O) groups excluding carboxylic acids is 1. The summed E-state index contributed by atoms with van der Waals surface area (Å²) in [5.74, 6) is 0.400. The molecule has 0 spiro atoms. The summed E-state index contributed by atoms with van der Waals surface area (Å²) in [6.45, 7) is 5.96. The van der Waals surface area contributed by atoms with Gasteiger partial charge < -0.3 is 4.98 Å². The zero-order valence-corrected chi connectivity index (χ0v) is 10.0. The second-order valence-corrected chi connectivity index (χ2v) is 4.66. The molecule has 1 aromatic heterocycles. The molecule has 0 fully saturated rings. The summed E-state index contributed by atoms with van der Waals surface area (Å²) in [5.41, 5.74) is 3.44. The number of aryl methyl sites for hydroxylation is 1. The first-order chi connectivity index (χ1) is 7.58. The van der Waals surface area contributed by atoms with Gasteiger partial charge in [0.2, 0.25) is 0 Å². The highest BCUT2D eigenvalue weighted by Crippen LogP contribution is 2.21. The first kappa shape index (κ1) is 10.9. The quantitative estimate of drug-likeness (QED) is 0.837. The van der Waals surface area contributed by atoms with Gasteiger partial charge in [-0.05, 0) is 24.6 Å². The van der Waals surface area contributed by atoms with Gasteiger partial charge >= 0.3 is 0 Å². The monoisotopic (exact) mass is 215 g/mol. The van der Waals surface area contributed by atoms with E-state index in [1.54, 1.807) is 0 Å². The van der Waals surface area contributed by atoms with Crippen molar-refractivity contribution in [2.45, 2.75) is 27.2 Å². The van der Waals surface area contributed by atoms with Crippen molar-refractivity contribution in [1.82, 2.24) is 4.98 Å². The minimum atomic E-state index is 0.106. The van der Waals surface area contributed by atoms with Gasteiger partial charge in [0.05, 0.1) is 0 Å². The lowest BCUT2D eigenvalue weighted by atomic mass is 10.00. The maximum absolute atomic E-state index is 11.7. The summed E-state index contributed by atoms with van der Waals surface area (Å²) in [7, 11) is 0.